The minimum absolute atomic E-state index is 1.17. The molecule has 0 aliphatic carbocycles. The number of rotatable bonds is 0. The van der Waals surface area contributed by atoms with E-state index >= 15 is 0 Å². The first-order valence-corrected chi connectivity index (χ1v) is 7.76. The van der Waals surface area contributed by atoms with Gasteiger partial charge in [-0.15, -0.1) is 6.58 Å². The Hall–Kier alpha value is -1.56. The summed E-state index contributed by atoms with van der Waals surface area (Å²) in [4.78, 5) is 0. The van der Waals surface area contributed by atoms with Gasteiger partial charge in [0, 0.05) is 0 Å². The minimum Gasteiger partial charge on any atom is -0.100 e. The Kier molecular flexibility index (Phi) is 23.3. The molecule has 0 saturated carbocycles. The van der Waals surface area contributed by atoms with Crippen molar-refractivity contribution in [2.75, 3.05) is 0 Å². The molecule has 0 N–H and O–H groups in total. The fourth-order valence-electron chi connectivity index (χ4n) is 1.13. The van der Waals surface area contributed by atoms with Gasteiger partial charge in [-0.25, -0.2) is 0 Å². The molecule has 0 amide bonds. The molecule has 0 aliphatic heterocycles. The van der Waals surface area contributed by atoms with E-state index in [1.165, 1.54) is 16.3 Å². The largest absolute Gasteiger partial charge is 0.100 e. The Bertz CT molecular complexity index is 344. The fraction of sp³-hybridized carbons (Fsp3) is 0.400. The maximum absolute atomic E-state index is 3.56. The van der Waals surface area contributed by atoms with E-state index in [2.05, 4.69) is 55.1 Å². The highest BCUT2D eigenvalue weighted by molar-refractivity contribution is 5.81. The highest BCUT2D eigenvalue weighted by Crippen LogP contribution is 2.11. The van der Waals surface area contributed by atoms with Crippen molar-refractivity contribution in [2.45, 2.75) is 55.4 Å². The van der Waals surface area contributed by atoms with E-state index in [0.717, 1.165) is 0 Å². The molecule has 0 nitrogen and oxygen atoms in total. The lowest BCUT2D eigenvalue weighted by Gasteiger charge is -1.92. The van der Waals surface area contributed by atoms with Crippen molar-refractivity contribution >= 4 is 10.8 Å². The lowest BCUT2D eigenvalue weighted by Crippen LogP contribution is -1.67. The summed E-state index contributed by atoms with van der Waals surface area (Å²) < 4.78 is 0. The first-order chi connectivity index (χ1) is 9.70. The lowest BCUT2D eigenvalue weighted by atomic mass is 10.1. The molecule has 0 heteroatoms. The number of allylic oxidation sites excluding steroid dienone is 1. The van der Waals surface area contributed by atoms with Gasteiger partial charge in [-0.3, -0.25) is 0 Å². The predicted molar refractivity (Wildman–Crippen MR) is 98.5 cm³/mol. The van der Waals surface area contributed by atoms with Crippen LogP contribution in [0.2, 0.25) is 0 Å². The van der Waals surface area contributed by atoms with Gasteiger partial charge in [-0.05, 0) is 24.6 Å². The third kappa shape index (κ3) is 14.5. The highest BCUT2D eigenvalue weighted by atomic mass is 13.9. The summed E-state index contributed by atoms with van der Waals surface area (Å²) in [6.45, 7) is 19.5. The normalized spacial score (nSPS) is 7.20. The third-order valence-corrected chi connectivity index (χ3v) is 1.66. The van der Waals surface area contributed by atoms with Crippen LogP contribution in [-0.4, -0.2) is 0 Å². The molecule has 2 rings (SSSR count). The van der Waals surface area contributed by atoms with Crippen molar-refractivity contribution in [3.63, 3.8) is 0 Å². The molecule has 0 spiro atoms. The van der Waals surface area contributed by atoms with Gasteiger partial charge in [0.05, 0.1) is 0 Å². The second-order valence-electron chi connectivity index (χ2n) is 3.55. The highest BCUT2D eigenvalue weighted by Gasteiger charge is 1.85. The van der Waals surface area contributed by atoms with Gasteiger partial charge in [0.15, 0.2) is 0 Å². The van der Waals surface area contributed by atoms with Crippen LogP contribution in [0.5, 0.6) is 0 Å². The van der Waals surface area contributed by atoms with Crippen molar-refractivity contribution in [1.82, 2.24) is 0 Å². The summed E-state index contributed by atoms with van der Waals surface area (Å²) in [6, 6.07) is 16.7. The van der Waals surface area contributed by atoms with Crippen molar-refractivity contribution in [1.29, 1.82) is 0 Å². The maximum Gasteiger partial charge on any atom is -0.0184 e. The van der Waals surface area contributed by atoms with E-state index in [1.807, 2.05) is 55.4 Å². The molecule has 2 aromatic carbocycles. The molecule has 0 atom stereocenters. The monoisotopic (exact) mass is 274 g/mol. The van der Waals surface area contributed by atoms with E-state index in [1.54, 1.807) is 0 Å². The summed E-state index contributed by atoms with van der Waals surface area (Å²) in [5.74, 6) is 0. The van der Waals surface area contributed by atoms with Crippen LogP contribution < -0.4 is 0 Å². The zero-order chi connectivity index (χ0) is 16.4. The number of fused-ring (bicyclic) bond motifs is 1. The second-order valence-corrected chi connectivity index (χ2v) is 3.55. The average Bonchev–Trinajstić information content (AvgIpc) is 2.53. The first-order valence-electron chi connectivity index (χ1n) is 7.76. The Balaban J connectivity index is -0.000000247. The second kappa shape index (κ2) is 19.8. The molecule has 0 radical (unpaired) electrons. The summed E-state index contributed by atoms with van der Waals surface area (Å²) in [5, 5.41) is 2.62. The van der Waals surface area contributed by atoms with Gasteiger partial charge < -0.3 is 0 Å². The van der Waals surface area contributed by atoms with Gasteiger partial charge in [0.25, 0.3) is 0 Å². The summed E-state index contributed by atoms with van der Waals surface area (Å²) in [5.41, 5.74) is 1.17. The Morgan fingerprint density at radius 3 is 0.900 bits per heavy atom. The zero-order valence-electron chi connectivity index (χ0n) is 14.8. The number of benzene rings is 2. The van der Waals surface area contributed by atoms with Gasteiger partial charge in [-0.1, -0.05) is 95.6 Å². The van der Waals surface area contributed by atoms with E-state index in [-0.39, 0.29) is 0 Å². The van der Waals surface area contributed by atoms with E-state index in [4.69, 9.17) is 0 Å². The van der Waals surface area contributed by atoms with Gasteiger partial charge >= 0.3 is 0 Å². The molecule has 0 aromatic heterocycles. The molecule has 0 unspecified atom stereocenters. The smallest absolute Gasteiger partial charge is 0.0184 e. The molecule has 0 bridgehead atoms. The predicted octanol–water partition coefficient (Wildman–Crippen LogP) is 7.50. The fourth-order valence-corrected chi connectivity index (χ4v) is 1.13. The van der Waals surface area contributed by atoms with Gasteiger partial charge in [0.2, 0.25) is 0 Å². The Morgan fingerprint density at radius 2 is 0.750 bits per heavy atom. The standard InChI is InChI=1S/C10H8.C4H8.3C2H6/c1-2-6-10-8-4-3-7-9(10)5-1;1-4(2)3;3*1-2/h1-8H;1H2,2-3H3;3*1-2H3. The van der Waals surface area contributed by atoms with Crippen LogP contribution in [0.15, 0.2) is 60.7 Å². The Morgan fingerprint density at radius 1 is 0.600 bits per heavy atom. The van der Waals surface area contributed by atoms with Crippen molar-refractivity contribution in [2.24, 2.45) is 0 Å². The first kappa shape index (κ1) is 23.5. The van der Waals surface area contributed by atoms with E-state index < -0.39 is 0 Å². The quantitative estimate of drug-likeness (QED) is 0.436. The Labute approximate surface area is 127 Å². The van der Waals surface area contributed by atoms with Crippen LogP contribution in [-0.2, 0) is 0 Å². The summed E-state index contributed by atoms with van der Waals surface area (Å²) >= 11 is 0. The van der Waals surface area contributed by atoms with Crippen LogP contribution in [0, 0.1) is 0 Å². The average molecular weight is 274 g/mol. The van der Waals surface area contributed by atoms with Gasteiger partial charge in [-0.2, -0.15) is 0 Å². The lowest BCUT2D eigenvalue weighted by molar-refractivity contribution is 1.42. The zero-order valence-corrected chi connectivity index (χ0v) is 14.8. The molecule has 0 saturated heterocycles. The maximum atomic E-state index is 3.56. The van der Waals surface area contributed by atoms with E-state index in [0.29, 0.717) is 0 Å². The van der Waals surface area contributed by atoms with Crippen LogP contribution in [0.4, 0.5) is 0 Å². The van der Waals surface area contributed by atoms with Crippen LogP contribution >= 0.6 is 0 Å². The van der Waals surface area contributed by atoms with Crippen LogP contribution in [0.3, 0.4) is 0 Å². The SMILES string of the molecule is C=C(C)C.CC.CC.CC.c1ccc2ccccc2c1. The van der Waals surface area contributed by atoms with Gasteiger partial charge in [0.1, 0.15) is 0 Å². The number of hydrogen-bond acceptors (Lipinski definition) is 0. The topological polar surface area (TPSA) is 0 Å². The molecular formula is C20H34. The summed E-state index contributed by atoms with van der Waals surface area (Å²) in [7, 11) is 0. The molecule has 0 fully saturated rings. The molecule has 0 aliphatic rings. The number of hydrogen-bond donors (Lipinski definition) is 0. The van der Waals surface area contributed by atoms with Crippen LogP contribution in [0.25, 0.3) is 10.8 Å². The molecular weight excluding hydrogens is 240 g/mol. The van der Waals surface area contributed by atoms with Crippen LogP contribution in [0.1, 0.15) is 55.4 Å². The molecule has 114 valence electrons. The molecule has 20 heavy (non-hydrogen) atoms. The molecule has 0 heterocycles. The minimum atomic E-state index is 1.17. The van der Waals surface area contributed by atoms with E-state index in [9.17, 15) is 0 Å². The summed E-state index contributed by atoms with van der Waals surface area (Å²) in [6.07, 6.45) is 0. The van der Waals surface area contributed by atoms with Crippen molar-refractivity contribution < 1.29 is 0 Å². The van der Waals surface area contributed by atoms with Crippen molar-refractivity contribution in [3.8, 4) is 0 Å². The van der Waals surface area contributed by atoms with Crippen molar-refractivity contribution in [3.05, 3.63) is 60.7 Å². The third-order valence-electron chi connectivity index (χ3n) is 1.66. The molecule has 2 aromatic rings.